The fraction of sp³-hybridized carbons (Fsp3) is 0.429. The van der Waals surface area contributed by atoms with Crippen molar-refractivity contribution in [1.82, 2.24) is 5.32 Å². The molecule has 0 aromatic heterocycles. The van der Waals surface area contributed by atoms with E-state index in [-0.39, 0.29) is 17.9 Å². The summed E-state index contributed by atoms with van der Waals surface area (Å²) in [5.74, 6) is 0.133. The number of morpholine rings is 1. The van der Waals surface area contributed by atoms with Crippen molar-refractivity contribution in [2.24, 2.45) is 0 Å². The Balaban J connectivity index is 2.06. The molecule has 2 rings (SSSR count). The third-order valence-electron chi connectivity index (χ3n) is 3.02. The van der Waals surface area contributed by atoms with Gasteiger partial charge in [0.15, 0.2) is 0 Å². The van der Waals surface area contributed by atoms with Gasteiger partial charge in [-0.15, -0.1) is 0 Å². The molecule has 1 fully saturated rings. The van der Waals surface area contributed by atoms with Gasteiger partial charge in [-0.25, -0.2) is 0 Å². The molecule has 0 radical (unpaired) electrons. The van der Waals surface area contributed by atoms with E-state index in [0.29, 0.717) is 36.9 Å². The van der Waals surface area contributed by atoms with Gasteiger partial charge >= 0.3 is 0 Å². The quantitative estimate of drug-likeness (QED) is 0.756. The standard InChI is InChI=1S/C14H19N3O4/c1-9(18)16-11-4-3-10(7-13(11)20-2)17-14(19)12-8-21-6-5-15-12/h3-4,7,12,15H,5-6,8H2,1-2H3,(H,16,18)(H,17,19). The van der Waals surface area contributed by atoms with Gasteiger partial charge in [0.25, 0.3) is 0 Å². The second kappa shape index (κ2) is 7.05. The number of methoxy groups -OCH3 is 1. The molecule has 21 heavy (non-hydrogen) atoms. The summed E-state index contributed by atoms with van der Waals surface area (Å²) in [7, 11) is 1.50. The Labute approximate surface area is 123 Å². The van der Waals surface area contributed by atoms with Crippen LogP contribution in [-0.2, 0) is 14.3 Å². The van der Waals surface area contributed by atoms with E-state index in [1.165, 1.54) is 14.0 Å². The SMILES string of the molecule is COc1cc(NC(=O)C2COCCN2)ccc1NC(C)=O. The van der Waals surface area contributed by atoms with Crippen LogP contribution in [0.3, 0.4) is 0 Å². The molecular weight excluding hydrogens is 274 g/mol. The number of carbonyl (C=O) groups excluding carboxylic acids is 2. The highest BCUT2D eigenvalue weighted by atomic mass is 16.5. The topological polar surface area (TPSA) is 88.7 Å². The van der Waals surface area contributed by atoms with E-state index in [1.807, 2.05) is 0 Å². The summed E-state index contributed by atoms with van der Waals surface area (Å²) in [6.07, 6.45) is 0. The van der Waals surface area contributed by atoms with Gasteiger partial charge in [0.2, 0.25) is 11.8 Å². The van der Waals surface area contributed by atoms with Crippen LogP contribution in [0, 0.1) is 0 Å². The van der Waals surface area contributed by atoms with E-state index >= 15 is 0 Å². The Morgan fingerprint density at radius 1 is 1.38 bits per heavy atom. The third-order valence-corrected chi connectivity index (χ3v) is 3.02. The summed E-state index contributed by atoms with van der Waals surface area (Å²) < 4.78 is 10.5. The summed E-state index contributed by atoms with van der Waals surface area (Å²) in [5, 5.41) is 8.53. The minimum Gasteiger partial charge on any atom is -0.494 e. The van der Waals surface area contributed by atoms with Crippen LogP contribution >= 0.6 is 0 Å². The number of anilines is 2. The number of hydrogen-bond acceptors (Lipinski definition) is 5. The van der Waals surface area contributed by atoms with Crippen molar-refractivity contribution < 1.29 is 19.1 Å². The molecule has 0 bridgehead atoms. The lowest BCUT2D eigenvalue weighted by molar-refractivity contribution is -0.120. The molecule has 1 atom stereocenters. The molecule has 0 saturated carbocycles. The molecule has 1 heterocycles. The van der Waals surface area contributed by atoms with Crippen LogP contribution in [0.5, 0.6) is 5.75 Å². The maximum Gasteiger partial charge on any atom is 0.243 e. The molecule has 0 spiro atoms. The first kappa shape index (κ1) is 15.3. The molecule has 2 amide bonds. The molecule has 1 aromatic rings. The summed E-state index contributed by atoms with van der Waals surface area (Å²) in [6.45, 7) is 3.04. The summed E-state index contributed by atoms with van der Waals surface area (Å²) in [6, 6.07) is 4.68. The number of nitrogens with one attached hydrogen (secondary N) is 3. The number of benzene rings is 1. The van der Waals surface area contributed by atoms with Crippen LogP contribution in [0.2, 0.25) is 0 Å². The van der Waals surface area contributed by atoms with Gasteiger partial charge in [-0.3, -0.25) is 9.59 Å². The zero-order chi connectivity index (χ0) is 15.2. The third kappa shape index (κ3) is 4.17. The number of amides is 2. The Morgan fingerprint density at radius 3 is 2.81 bits per heavy atom. The minimum absolute atomic E-state index is 0.163. The summed E-state index contributed by atoms with van der Waals surface area (Å²) in [5.41, 5.74) is 1.15. The fourth-order valence-electron chi connectivity index (χ4n) is 2.03. The summed E-state index contributed by atoms with van der Waals surface area (Å²) >= 11 is 0. The van der Waals surface area contributed by atoms with Gasteiger partial charge in [-0.05, 0) is 12.1 Å². The Hall–Kier alpha value is -2.12. The van der Waals surface area contributed by atoms with Gasteiger partial charge in [0, 0.05) is 25.2 Å². The average molecular weight is 293 g/mol. The second-order valence-corrected chi connectivity index (χ2v) is 4.67. The van der Waals surface area contributed by atoms with Crippen LogP contribution in [0.25, 0.3) is 0 Å². The maximum atomic E-state index is 12.1. The molecule has 1 unspecified atom stereocenters. The van der Waals surface area contributed by atoms with Gasteiger partial charge in [-0.2, -0.15) is 0 Å². The Morgan fingerprint density at radius 2 is 2.19 bits per heavy atom. The second-order valence-electron chi connectivity index (χ2n) is 4.67. The lowest BCUT2D eigenvalue weighted by atomic mass is 10.2. The molecule has 1 aliphatic rings. The summed E-state index contributed by atoms with van der Waals surface area (Å²) in [4.78, 5) is 23.2. The molecule has 1 saturated heterocycles. The maximum absolute atomic E-state index is 12.1. The molecule has 1 aliphatic heterocycles. The van der Waals surface area contributed by atoms with E-state index in [9.17, 15) is 9.59 Å². The first-order valence-corrected chi connectivity index (χ1v) is 6.68. The first-order chi connectivity index (χ1) is 10.1. The van der Waals surface area contributed by atoms with Crippen LogP contribution < -0.4 is 20.7 Å². The molecule has 114 valence electrons. The van der Waals surface area contributed by atoms with Gasteiger partial charge in [0.05, 0.1) is 26.0 Å². The highest BCUT2D eigenvalue weighted by Gasteiger charge is 2.21. The van der Waals surface area contributed by atoms with Crippen molar-refractivity contribution in [3.8, 4) is 5.75 Å². The zero-order valence-electron chi connectivity index (χ0n) is 12.1. The molecular formula is C14H19N3O4. The normalized spacial score (nSPS) is 17.9. The predicted molar refractivity (Wildman–Crippen MR) is 78.5 cm³/mol. The molecule has 7 heteroatoms. The van der Waals surface area contributed by atoms with Crippen LogP contribution in [0.1, 0.15) is 6.92 Å². The molecule has 3 N–H and O–H groups in total. The minimum atomic E-state index is -0.361. The lowest BCUT2D eigenvalue weighted by Gasteiger charge is -2.23. The molecule has 1 aromatic carbocycles. The fourth-order valence-corrected chi connectivity index (χ4v) is 2.03. The molecule has 7 nitrogen and oxygen atoms in total. The largest absolute Gasteiger partial charge is 0.494 e. The van der Waals surface area contributed by atoms with Crippen molar-refractivity contribution in [1.29, 1.82) is 0 Å². The van der Waals surface area contributed by atoms with Crippen molar-refractivity contribution in [3.05, 3.63) is 18.2 Å². The average Bonchev–Trinajstić information content (AvgIpc) is 2.49. The van der Waals surface area contributed by atoms with Gasteiger partial charge in [-0.1, -0.05) is 0 Å². The lowest BCUT2D eigenvalue weighted by Crippen LogP contribution is -2.48. The van der Waals surface area contributed by atoms with E-state index in [2.05, 4.69) is 16.0 Å². The number of hydrogen-bond donors (Lipinski definition) is 3. The Bertz CT molecular complexity index is 527. The van der Waals surface area contributed by atoms with Crippen molar-refractivity contribution in [3.63, 3.8) is 0 Å². The van der Waals surface area contributed by atoms with Crippen LogP contribution in [0.4, 0.5) is 11.4 Å². The van der Waals surface area contributed by atoms with E-state index in [1.54, 1.807) is 18.2 Å². The number of rotatable bonds is 4. The van der Waals surface area contributed by atoms with Gasteiger partial charge in [0.1, 0.15) is 11.8 Å². The highest BCUT2D eigenvalue weighted by Crippen LogP contribution is 2.28. The van der Waals surface area contributed by atoms with Crippen molar-refractivity contribution in [2.45, 2.75) is 13.0 Å². The van der Waals surface area contributed by atoms with Gasteiger partial charge < -0.3 is 25.4 Å². The van der Waals surface area contributed by atoms with Crippen molar-refractivity contribution >= 4 is 23.2 Å². The van der Waals surface area contributed by atoms with Crippen molar-refractivity contribution in [2.75, 3.05) is 37.5 Å². The number of carbonyl (C=O) groups is 2. The molecule has 0 aliphatic carbocycles. The monoisotopic (exact) mass is 293 g/mol. The van der Waals surface area contributed by atoms with Crippen LogP contribution in [0.15, 0.2) is 18.2 Å². The van der Waals surface area contributed by atoms with E-state index in [0.717, 1.165) is 0 Å². The Kier molecular flexibility index (Phi) is 5.13. The zero-order valence-corrected chi connectivity index (χ0v) is 12.1. The predicted octanol–water partition coefficient (Wildman–Crippen LogP) is 0.580. The van der Waals surface area contributed by atoms with E-state index in [4.69, 9.17) is 9.47 Å². The smallest absolute Gasteiger partial charge is 0.243 e. The number of ether oxygens (including phenoxy) is 2. The van der Waals surface area contributed by atoms with Crippen LogP contribution in [-0.4, -0.2) is 44.7 Å². The highest BCUT2D eigenvalue weighted by molar-refractivity contribution is 5.96. The first-order valence-electron chi connectivity index (χ1n) is 6.68. The van der Waals surface area contributed by atoms with E-state index < -0.39 is 0 Å².